The van der Waals surface area contributed by atoms with Crippen LogP contribution in [0.1, 0.15) is 31.4 Å². The second-order valence-corrected chi connectivity index (χ2v) is 4.34. The van der Waals surface area contributed by atoms with E-state index in [-0.39, 0.29) is 5.92 Å². The summed E-state index contributed by atoms with van der Waals surface area (Å²) in [4.78, 5) is 13.1. The predicted molar refractivity (Wildman–Crippen MR) is 68.5 cm³/mol. The largest absolute Gasteiger partial charge is 0.399 e. The molecule has 1 heterocycles. The maximum absolute atomic E-state index is 5.76. The zero-order valence-electron chi connectivity index (χ0n) is 10.3. The van der Waals surface area contributed by atoms with Crippen molar-refractivity contribution in [2.45, 2.75) is 26.7 Å². The van der Waals surface area contributed by atoms with Gasteiger partial charge in [-0.15, -0.1) is 0 Å². The molecule has 0 atom stereocenters. The molecule has 0 spiro atoms. The molecule has 0 bridgehead atoms. The number of hydrogen-bond acceptors (Lipinski definition) is 4. The molecule has 0 radical (unpaired) electrons. The van der Waals surface area contributed by atoms with Gasteiger partial charge >= 0.3 is 0 Å². The lowest BCUT2D eigenvalue weighted by atomic mass is 10.1. The zero-order valence-corrected chi connectivity index (χ0v) is 10.3. The predicted octanol–water partition coefficient (Wildman–Crippen LogP) is 2.55. The lowest BCUT2D eigenvalue weighted by Crippen LogP contribution is -2.04. The van der Waals surface area contributed by atoms with Gasteiger partial charge < -0.3 is 5.73 Å². The lowest BCUT2D eigenvalue weighted by molar-refractivity contribution is 0.750. The van der Waals surface area contributed by atoms with E-state index in [2.05, 4.69) is 28.8 Å². The Morgan fingerprint density at radius 1 is 1.12 bits per heavy atom. The minimum Gasteiger partial charge on any atom is -0.399 e. The van der Waals surface area contributed by atoms with Crippen molar-refractivity contribution < 1.29 is 0 Å². The first-order chi connectivity index (χ1) is 8.06. The number of nitrogens with two attached hydrogens (primary N) is 1. The second kappa shape index (κ2) is 4.49. The number of nitrogen functional groups attached to an aromatic ring is 1. The average Bonchev–Trinajstić information content (AvgIpc) is 2.28. The van der Waals surface area contributed by atoms with Crippen LogP contribution >= 0.6 is 0 Å². The molecule has 0 saturated carbocycles. The van der Waals surface area contributed by atoms with Crippen LogP contribution in [0.25, 0.3) is 11.4 Å². The van der Waals surface area contributed by atoms with Gasteiger partial charge in [0.1, 0.15) is 11.6 Å². The van der Waals surface area contributed by atoms with Crippen LogP contribution < -0.4 is 5.73 Å². The smallest absolute Gasteiger partial charge is 0.163 e. The Balaban J connectivity index is 2.52. The first kappa shape index (κ1) is 11.5. The summed E-state index contributed by atoms with van der Waals surface area (Å²) >= 11 is 0. The molecule has 88 valence electrons. The minimum atomic E-state index is 0.288. The van der Waals surface area contributed by atoms with Gasteiger partial charge in [0.05, 0.1) is 0 Å². The Bertz CT molecular complexity index is 535. The van der Waals surface area contributed by atoms with E-state index in [0.717, 1.165) is 17.2 Å². The third-order valence-electron chi connectivity index (χ3n) is 2.43. The zero-order chi connectivity index (χ0) is 12.4. The molecular formula is C13H16N4. The summed E-state index contributed by atoms with van der Waals surface area (Å²) in [6.07, 6.45) is 0. The van der Waals surface area contributed by atoms with Crippen molar-refractivity contribution in [3.05, 3.63) is 35.9 Å². The first-order valence-electron chi connectivity index (χ1n) is 5.65. The molecule has 0 fully saturated rings. The number of aryl methyl sites for hydroxylation is 1. The number of anilines is 1. The summed E-state index contributed by atoms with van der Waals surface area (Å²) in [6, 6.07) is 7.58. The van der Waals surface area contributed by atoms with Gasteiger partial charge in [-0.3, -0.25) is 0 Å². The molecule has 2 N–H and O–H groups in total. The maximum atomic E-state index is 5.76. The summed E-state index contributed by atoms with van der Waals surface area (Å²) in [7, 11) is 0. The van der Waals surface area contributed by atoms with Gasteiger partial charge in [-0.1, -0.05) is 26.0 Å². The van der Waals surface area contributed by atoms with E-state index in [1.54, 1.807) is 0 Å². The van der Waals surface area contributed by atoms with Crippen molar-refractivity contribution in [1.29, 1.82) is 0 Å². The molecule has 2 aromatic rings. The summed E-state index contributed by atoms with van der Waals surface area (Å²) in [5.41, 5.74) is 7.40. The number of aromatic nitrogens is 3. The molecule has 1 aromatic heterocycles. The normalized spacial score (nSPS) is 10.8. The maximum Gasteiger partial charge on any atom is 0.163 e. The van der Waals surface area contributed by atoms with E-state index >= 15 is 0 Å². The molecule has 4 heteroatoms. The van der Waals surface area contributed by atoms with Gasteiger partial charge in [0, 0.05) is 17.2 Å². The van der Waals surface area contributed by atoms with E-state index in [9.17, 15) is 0 Å². The van der Waals surface area contributed by atoms with Gasteiger partial charge in [0.15, 0.2) is 5.82 Å². The first-order valence-corrected chi connectivity index (χ1v) is 5.65. The Morgan fingerprint density at radius 3 is 2.53 bits per heavy atom. The number of nitrogens with zero attached hydrogens (tertiary/aromatic N) is 3. The van der Waals surface area contributed by atoms with E-state index in [0.29, 0.717) is 11.5 Å². The third-order valence-corrected chi connectivity index (χ3v) is 2.43. The highest BCUT2D eigenvalue weighted by molar-refractivity contribution is 5.60. The Morgan fingerprint density at radius 2 is 1.88 bits per heavy atom. The summed E-state index contributed by atoms with van der Waals surface area (Å²) in [5, 5.41) is 0. The van der Waals surface area contributed by atoms with Gasteiger partial charge in [0.2, 0.25) is 0 Å². The number of benzene rings is 1. The van der Waals surface area contributed by atoms with Crippen molar-refractivity contribution >= 4 is 5.69 Å². The molecule has 0 aliphatic rings. The van der Waals surface area contributed by atoms with E-state index in [1.807, 2.05) is 31.2 Å². The van der Waals surface area contributed by atoms with Crippen LogP contribution in [0.2, 0.25) is 0 Å². The van der Waals surface area contributed by atoms with Crippen LogP contribution in [0.3, 0.4) is 0 Å². The van der Waals surface area contributed by atoms with Crippen LogP contribution in [-0.4, -0.2) is 15.0 Å². The minimum absolute atomic E-state index is 0.288. The van der Waals surface area contributed by atoms with Gasteiger partial charge in [-0.05, 0) is 19.1 Å². The fourth-order valence-electron chi connectivity index (χ4n) is 1.57. The van der Waals surface area contributed by atoms with Crippen LogP contribution in [0, 0.1) is 6.92 Å². The highest BCUT2D eigenvalue weighted by Gasteiger charge is 2.09. The van der Waals surface area contributed by atoms with Gasteiger partial charge in [0.25, 0.3) is 0 Å². The van der Waals surface area contributed by atoms with E-state index in [1.165, 1.54) is 0 Å². The Hall–Kier alpha value is -1.97. The van der Waals surface area contributed by atoms with E-state index in [4.69, 9.17) is 5.73 Å². The second-order valence-electron chi connectivity index (χ2n) is 4.34. The molecule has 0 aliphatic carbocycles. The number of rotatable bonds is 2. The fourth-order valence-corrected chi connectivity index (χ4v) is 1.57. The fraction of sp³-hybridized carbons (Fsp3) is 0.308. The van der Waals surface area contributed by atoms with Crippen molar-refractivity contribution in [1.82, 2.24) is 15.0 Å². The van der Waals surface area contributed by atoms with Gasteiger partial charge in [-0.2, -0.15) is 0 Å². The molecule has 4 nitrogen and oxygen atoms in total. The van der Waals surface area contributed by atoms with Crippen LogP contribution in [0.5, 0.6) is 0 Å². The molecule has 1 aromatic carbocycles. The van der Waals surface area contributed by atoms with Gasteiger partial charge in [-0.25, -0.2) is 15.0 Å². The third kappa shape index (κ3) is 2.58. The summed E-state index contributed by atoms with van der Waals surface area (Å²) < 4.78 is 0. The summed E-state index contributed by atoms with van der Waals surface area (Å²) in [6.45, 7) is 6.01. The lowest BCUT2D eigenvalue weighted by Gasteiger charge is -2.07. The van der Waals surface area contributed by atoms with E-state index < -0.39 is 0 Å². The quantitative estimate of drug-likeness (QED) is 0.802. The van der Waals surface area contributed by atoms with Crippen LogP contribution in [0.4, 0.5) is 5.69 Å². The molecule has 2 rings (SSSR count). The van der Waals surface area contributed by atoms with Crippen molar-refractivity contribution in [3.8, 4) is 11.4 Å². The number of hydrogen-bond donors (Lipinski definition) is 1. The van der Waals surface area contributed by atoms with Crippen molar-refractivity contribution in [3.63, 3.8) is 0 Å². The Labute approximate surface area is 101 Å². The molecule has 0 unspecified atom stereocenters. The van der Waals surface area contributed by atoms with Crippen LogP contribution in [-0.2, 0) is 0 Å². The highest BCUT2D eigenvalue weighted by Crippen LogP contribution is 2.19. The average molecular weight is 228 g/mol. The van der Waals surface area contributed by atoms with Crippen LogP contribution in [0.15, 0.2) is 24.3 Å². The molecule has 0 saturated heterocycles. The van der Waals surface area contributed by atoms with Crippen molar-refractivity contribution in [2.75, 3.05) is 5.73 Å². The molecular weight excluding hydrogens is 212 g/mol. The monoisotopic (exact) mass is 228 g/mol. The SMILES string of the molecule is Cc1nc(-c2cccc(N)c2)nc(C(C)C)n1. The standard InChI is InChI=1S/C13H16N4/c1-8(2)12-15-9(3)16-13(17-12)10-5-4-6-11(14)7-10/h4-8H,14H2,1-3H3. The Kier molecular flexibility index (Phi) is 3.04. The topological polar surface area (TPSA) is 64.7 Å². The molecule has 0 aliphatic heterocycles. The van der Waals surface area contributed by atoms with Crippen molar-refractivity contribution in [2.24, 2.45) is 0 Å². The molecule has 0 amide bonds. The molecule has 17 heavy (non-hydrogen) atoms. The summed E-state index contributed by atoms with van der Waals surface area (Å²) in [5.74, 6) is 2.53. The highest BCUT2D eigenvalue weighted by atomic mass is 15.0.